The van der Waals surface area contributed by atoms with E-state index < -0.39 is 0 Å². The number of aromatic nitrogens is 3. The summed E-state index contributed by atoms with van der Waals surface area (Å²) in [5.41, 5.74) is 0. The first kappa shape index (κ1) is 18.0. The number of piperazine rings is 1. The van der Waals surface area contributed by atoms with Crippen LogP contribution in [0.4, 0.5) is 5.00 Å². The van der Waals surface area contributed by atoms with Gasteiger partial charge in [0.05, 0.1) is 11.5 Å². The highest BCUT2D eigenvalue weighted by Crippen LogP contribution is 2.22. The Hall–Kier alpha value is -1.36. The first-order valence-corrected chi connectivity index (χ1v) is 8.23. The fourth-order valence-corrected chi connectivity index (χ4v) is 3.33. The van der Waals surface area contributed by atoms with E-state index in [4.69, 9.17) is 0 Å². The van der Waals surface area contributed by atoms with Crippen LogP contribution in [-0.2, 0) is 13.6 Å². The molecular weight excluding hydrogens is 425 g/mol. The molecule has 3 rings (SSSR count). The van der Waals surface area contributed by atoms with Gasteiger partial charge in [0, 0.05) is 40.3 Å². The van der Waals surface area contributed by atoms with Gasteiger partial charge < -0.3 is 19.7 Å². The molecule has 3 heterocycles. The standard InChI is InChI=1S/C14H21N7S.HI/c1-15-14(16-10-12-18-17-11-19(12)2)21-7-5-20(6-8-21)13-4-3-9-22-13;/h3-4,9,11H,5-8,10H2,1-2H3,(H,15,16);1H. The van der Waals surface area contributed by atoms with Crippen molar-refractivity contribution in [2.45, 2.75) is 6.54 Å². The number of halogens is 1. The molecule has 0 radical (unpaired) electrons. The number of hydrogen-bond donors (Lipinski definition) is 1. The first-order valence-electron chi connectivity index (χ1n) is 7.35. The zero-order chi connectivity index (χ0) is 15.4. The lowest BCUT2D eigenvalue weighted by Gasteiger charge is -2.36. The van der Waals surface area contributed by atoms with E-state index in [-0.39, 0.29) is 24.0 Å². The second kappa shape index (κ2) is 8.48. The van der Waals surface area contributed by atoms with E-state index >= 15 is 0 Å². The van der Waals surface area contributed by atoms with Crippen LogP contribution in [0, 0.1) is 0 Å². The van der Waals surface area contributed by atoms with Gasteiger partial charge in [-0.3, -0.25) is 4.99 Å². The molecule has 0 amide bonds. The Labute approximate surface area is 157 Å². The third-order valence-electron chi connectivity index (χ3n) is 3.82. The van der Waals surface area contributed by atoms with Gasteiger partial charge in [0.15, 0.2) is 11.8 Å². The lowest BCUT2D eigenvalue weighted by atomic mass is 10.3. The van der Waals surface area contributed by atoms with Crippen molar-refractivity contribution in [1.29, 1.82) is 0 Å². The van der Waals surface area contributed by atoms with Crippen molar-refractivity contribution in [1.82, 2.24) is 25.0 Å². The molecule has 0 bridgehead atoms. The van der Waals surface area contributed by atoms with Gasteiger partial charge >= 0.3 is 0 Å². The van der Waals surface area contributed by atoms with Crippen LogP contribution in [0.15, 0.2) is 28.8 Å². The third kappa shape index (κ3) is 4.34. The molecule has 0 spiro atoms. The molecule has 126 valence electrons. The zero-order valence-electron chi connectivity index (χ0n) is 13.3. The van der Waals surface area contributed by atoms with E-state index in [1.54, 1.807) is 17.7 Å². The summed E-state index contributed by atoms with van der Waals surface area (Å²) < 4.78 is 1.91. The molecular formula is C14H22IN7S. The van der Waals surface area contributed by atoms with Crippen molar-refractivity contribution >= 4 is 46.3 Å². The number of nitrogens with zero attached hydrogens (tertiary/aromatic N) is 6. The molecule has 7 nitrogen and oxygen atoms in total. The number of nitrogens with one attached hydrogen (secondary N) is 1. The zero-order valence-corrected chi connectivity index (χ0v) is 16.5. The Morgan fingerprint density at radius 2 is 2.13 bits per heavy atom. The molecule has 2 aromatic rings. The Bertz CT molecular complexity index is 617. The minimum absolute atomic E-state index is 0. The average molecular weight is 447 g/mol. The van der Waals surface area contributed by atoms with E-state index in [9.17, 15) is 0 Å². The van der Waals surface area contributed by atoms with Crippen molar-refractivity contribution in [2.75, 3.05) is 38.1 Å². The summed E-state index contributed by atoms with van der Waals surface area (Å²) in [4.78, 5) is 9.11. The van der Waals surface area contributed by atoms with Gasteiger partial charge in [-0.05, 0) is 17.5 Å². The summed E-state index contributed by atoms with van der Waals surface area (Å²) in [6, 6.07) is 4.29. The molecule has 1 aliphatic heterocycles. The van der Waals surface area contributed by atoms with Gasteiger partial charge in [0.25, 0.3) is 0 Å². The van der Waals surface area contributed by atoms with Gasteiger partial charge in [-0.25, -0.2) is 0 Å². The minimum atomic E-state index is 0. The molecule has 1 N–H and O–H groups in total. The van der Waals surface area contributed by atoms with Crippen LogP contribution in [0.2, 0.25) is 0 Å². The molecule has 0 aromatic carbocycles. The Morgan fingerprint density at radius 1 is 1.35 bits per heavy atom. The van der Waals surface area contributed by atoms with Crippen molar-refractivity contribution in [3.63, 3.8) is 0 Å². The van der Waals surface area contributed by atoms with Crippen LogP contribution in [0.25, 0.3) is 0 Å². The third-order valence-corrected chi connectivity index (χ3v) is 4.75. The van der Waals surface area contributed by atoms with E-state index in [1.165, 1.54) is 5.00 Å². The fourth-order valence-electron chi connectivity index (χ4n) is 2.55. The number of guanidine groups is 1. The Kier molecular flexibility index (Phi) is 6.63. The summed E-state index contributed by atoms with van der Waals surface area (Å²) in [5, 5.41) is 14.8. The van der Waals surface area contributed by atoms with Gasteiger partial charge in [-0.15, -0.1) is 45.5 Å². The molecule has 9 heteroatoms. The van der Waals surface area contributed by atoms with Crippen LogP contribution in [0.3, 0.4) is 0 Å². The van der Waals surface area contributed by atoms with Crippen LogP contribution in [-0.4, -0.2) is 58.9 Å². The van der Waals surface area contributed by atoms with Crippen LogP contribution in [0.1, 0.15) is 5.82 Å². The largest absolute Gasteiger partial charge is 0.360 e. The topological polar surface area (TPSA) is 61.6 Å². The van der Waals surface area contributed by atoms with Gasteiger partial charge in [0.2, 0.25) is 0 Å². The number of hydrogen-bond acceptors (Lipinski definition) is 5. The lowest BCUT2D eigenvalue weighted by Crippen LogP contribution is -2.52. The van der Waals surface area contributed by atoms with E-state index in [2.05, 4.69) is 47.8 Å². The van der Waals surface area contributed by atoms with Crippen LogP contribution in [0.5, 0.6) is 0 Å². The van der Waals surface area contributed by atoms with Crippen molar-refractivity contribution < 1.29 is 0 Å². The SMILES string of the molecule is CN=C(NCc1nncn1C)N1CCN(c2cccs2)CC1.I. The van der Waals surface area contributed by atoms with Gasteiger partial charge in [0.1, 0.15) is 6.33 Å². The predicted molar refractivity (Wildman–Crippen MR) is 105 cm³/mol. The second-order valence-electron chi connectivity index (χ2n) is 5.18. The highest BCUT2D eigenvalue weighted by Gasteiger charge is 2.20. The van der Waals surface area contributed by atoms with Gasteiger partial charge in [-0.2, -0.15) is 0 Å². The quantitative estimate of drug-likeness (QED) is 0.438. The van der Waals surface area contributed by atoms with Crippen molar-refractivity contribution in [3.8, 4) is 0 Å². The molecule has 0 aliphatic carbocycles. The van der Waals surface area contributed by atoms with Crippen molar-refractivity contribution in [3.05, 3.63) is 29.7 Å². The molecule has 0 saturated carbocycles. The minimum Gasteiger partial charge on any atom is -0.360 e. The number of anilines is 1. The summed E-state index contributed by atoms with van der Waals surface area (Å²) in [6.07, 6.45) is 1.71. The summed E-state index contributed by atoms with van der Waals surface area (Å²) in [5.74, 6) is 1.83. The normalized spacial score (nSPS) is 15.5. The number of thiophene rings is 1. The Balaban J connectivity index is 0.00000192. The summed E-state index contributed by atoms with van der Waals surface area (Å²) in [7, 11) is 3.77. The molecule has 23 heavy (non-hydrogen) atoms. The maximum atomic E-state index is 4.39. The predicted octanol–water partition coefficient (Wildman–Crippen LogP) is 1.39. The van der Waals surface area contributed by atoms with Crippen LogP contribution < -0.4 is 10.2 Å². The molecule has 0 atom stereocenters. The molecule has 1 fully saturated rings. The van der Waals surface area contributed by atoms with E-state index in [0.29, 0.717) is 6.54 Å². The monoisotopic (exact) mass is 447 g/mol. The lowest BCUT2D eigenvalue weighted by molar-refractivity contribution is 0.372. The fraction of sp³-hybridized carbons (Fsp3) is 0.500. The maximum Gasteiger partial charge on any atom is 0.194 e. The second-order valence-corrected chi connectivity index (χ2v) is 6.11. The Morgan fingerprint density at radius 3 is 2.70 bits per heavy atom. The highest BCUT2D eigenvalue weighted by molar-refractivity contribution is 14.0. The number of aliphatic imine (C=N–C) groups is 1. The number of rotatable bonds is 3. The number of aryl methyl sites for hydroxylation is 1. The molecule has 1 aliphatic rings. The molecule has 1 saturated heterocycles. The first-order chi connectivity index (χ1) is 10.8. The molecule has 0 unspecified atom stereocenters. The summed E-state index contributed by atoms with van der Waals surface area (Å²) in [6.45, 7) is 4.61. The van der Waals surface area contributed by atoms with Crippen molar-refractivity contribution in [2.24, 2.45) is 12.0 Å². The van der Waals surface area contributed by atoms with E-state index in [1.807, 2.05) is 18.7 Å². The van der Waals surface area contributed by atoms with E-state index in [0.717, 1.165) is 38.0 Å². The summed E-state index contributed by atoms with van der Waals surface area (Å²) >= 11 is 1.80. The maximum absolute atomic E-state index is 4.39. The van der Waals surface area contributed by atoms with Crippen LogP contribution >= 0.6 is 35.3 Å². The van der Waals surface area contributed by atoms with Gasteiger partial charge in [-0.1, -0.05) is 0 Å². The smallest absolute Gasteiger partial charge is 0.194 e. The average Bonchev–Trinajstić information content (AvgIpc) is 3.21. The highest BCUT2D eigenvalue weighted by atomic mass is 127. The molecule has 2 aromatic heterocycles.